The summed E-state index contributed by atoms with van der Waals surface area (Å²) < 4.78 is 5.14. The first-order valence-electron chi connectivity index (χ1n) is 13.2. The molecule has 39 heavy (non-hydrogen) atoms. The van der Waals surface area contributed by atoms with Gasteiger partial charge in [0.2, 0.25) is 0 Å². The van der Waals surface area contributed by atoms with Gasteiger partial charge in [-0.3, -0.25) is 0 Å². The summed E-state index contributed by atoms with van der Waals surface area (Å²) in [6.45, 7) is 0. The molecule has 9 rings (SSSR count). The molecule has 0 saturated heterocycles. The number of para-hydroxylation sites is 2. The molecule has 0 spiro atoms. The Hall–Kier alpha value is -4.25. The number of thioether (sulfide) groups is 1. The molecule has 1 aliphatic rings. The Kier molecular flexibility index (Phi) is 4.51. The minimum atomic E-state index is 0.154. The van der Waals surface area contributed by atoms with Gasteiger partial charge in [0.1, 0.15) is 5.37 Å². The van der Waals surface area contributed by atoms with Crippen molar-refractivity contribution in [3.63, 3.8) is 0 Å². The van der Waals surface area contributed by atoms with E-state index in [9.17, 15) is 0 Å². The summed E-state index contributed by atoms with van der Waals surface area (Å²) in [5, 5.41) is 11.9. The number of aromatic nitrogens is 1. The van der Waals surface area contributed by atoms with Crippen LogP contribution in [-0.2, 0) is 0 Å². The Morgan fingerprint density at radius 2 is 1.18 bits per heavy atom. The molecule has 3 heterocycles. The topological polar surface area (TPSA) is 17.0 Å². The molecule has 0 radical (unpaired) electrons. The van der Waals surface area contributed by atoms with E-state index in [1.807, 2.05) is 23.1 Å². The molecule has 0 bridgehead atoms. The van der Waals surface area contributed by atoms with Crippen molar-refractivity contribution >= 4 is 81.5 Å². The Morgan fingerprint density at radius 3 is 1.95 bits per heavy atom. The summed E-state index contributed by atoms with van der Waals surface area (Å²) in [4.78, 5) is 1.37. The molecule has 184 valence electrons. The summed E-state index contributed by atoms with van der Waals surface area (Å²) in [5.74, 6) is 0. The van der Waals surface area contributed by atoms with E-state index in [4.69, 9.17) is 0 Å². The molecule has 0 fully saturated rings. The minimum absolute atomic E-state index is 0.154. The molecule has 0 aliphatic carbocycles. The number of hydrogen-bond donors (Lipinski definition) is 1. The van der Waals surface area contributed by atoms with E-state index < -0.39 is 0 Å². The monoisotopic (exact) mass is 534 g/mol. The zero-order chi connectivity index (χ0) is 25.5. The molecule has 0 amide bonds. The van der Waals surface area contributed by atoms with E-state index in [0.717, 1.165) is 0 Å². The molecule has 2 nitrogen and oxygen atoms in total. The van der Waals surface area contributed by atoms with Gasteiger partial charge in [0, 0.05) is 46.9 Å². The third-order valence-corrected chi connectivity index (χ3v) is 10.5. The molecular weight excluding hydrogens is 513 g/mol. The highest BCUT2D eigenvalue weighted by Crippen LogP contribution is 2.53. The van der Waals surface area contributed by atoms with Crippen molar-refractivity contribution in [1.29, 1.82) is 0 Å². The number of hydrogen-bond acceptors (Lipinski definition) is 3. The van der Waals surface area contributed by atoms with Gasteiger partial charge in [-0.25, -0.2) is 0 Å². The number of nitrogens with zero attached hydrogens (tertiary/aromatic N) is 1. The molecule has 1 unspecified atom stereocenters. The van der Waals surface area contributed by atoms with Crippen LogP contribution >= 0.6 is 23.1 Å². The lowest BCUT2D eigenvalue weighted by Gasteiger charge is -2.18. The van der Waals surface area contributed by atoms with Crippen LogP contribution in [0.3, 0.4) is 0 Å². The van der Waals surface area contributed by atoms with Crippen molar-refractivity contribution < 1.29 is 0 Å². The average Bonchev–Trinajstić information content (AvgIpc) is 3.68. The molecule has 1 aliphatic heterocycles. The van der Waals surface area contributed by atoms with E-state index in [1.165, 1.54) is 74.6 Å². The van der Waals surface area contributed by atoms with Crippen LogP contribution in [0.2, 0.25) is 0 Å². The molecule has 6 aromatic carbocycles. The Bertz CT molecular complexity index is 2200. The van der Waals surface area contributed by atoms with Gasteiger partial charge in [-0.1, -0.05) is 96.7 Å². The number of rotatable bonds is 2. The van der Waals surface area contributed by atoms with Crippen LogP contribution in [0.15, 0.2) is 126 Å². The second kappa shape index (κ2) is 8.12. The molecule has 1 atom stereocenters. The summed E-state index contributed by atoms with van der Waals surface area (Å²) in [6, 6.07) is 44.3. The fourth-order valence-corrected chi connectivity index (χ4v) is 8.89. The first kappa shape index (κ1) is 21.7. The van der Waals surface area contributed by atoms with Gasteiger partial charge in [-0.15, -0.1) is 11.3 Å². The molecule has 4 heteroatoms. The van der Waals surface area contributed by atoms with Crippen molar-refractivity contribution in [3.8, 4) is 5.69 Å². The summed E-state index contributed by atoms with van der Waals surface area (Å²) in [7, 11) is 0. The Balaban J connectivity index is 1.24. The third kappa shape index (κ3) is 3.04. The lowest BCUT2D eigenvalue weighted by molar-refractivity contribution is 1.14. The quantitative estimate of drug-likeness (QED) is 0.238. The zero-order valence-electron chi connectivity index (χ0n) is 20.9. The van der Waals surface area contributed by atoms with Crippen LogP contribution in [0, 0.1) is 0 Å². The largest absolute Gasteiger partial charge is 0.368 e. The third-order valence-electron chi connectivity index (χ3n) is 8.06. The molecule has 1 N–H and O–H groups in total. The van der Waals surface area contributed by atoms with E-state index in [0.29, 0.717) is 0 Å². The highest BCUT2D eigenvalue weighted by atomic mass is 32.2. The Morgan fingerprint density at radius 1 is 0.538 bits per heavy atom. The molecular formula is C35H22N2S2. The maximum atomic E-state index is 3.86. The van der Waals surface area contributed by atoms with E-state index >= 15 is 0 Å². The predicted octanol–water partition coefficient (Wildman–Crippen LogP) is 10.5. The van der Waals surface area contributed by atoms with Gasteiger partial charge in [0.05, 0.1) is 16.7 Å². The van der Waals surface area contributed by atoms with E-state index in [-0.39, 0.29) is 5.37 Å². The van der Waals surface area contributed by atoms with Crippen molar-refractivity contribution in [1.82, 2.24) is 4.57 Å². The van der Waals surface area contributed by atoms with Gasteiger partial charge in [-0.05, 0) is 47.3 Å². The van der Waals surface area contributed by atoms with Gasteiger partial charge in [-0.2, -0.15) is 0 Å². The van der Waals surface area contributed by atoms with E-state index in [1.54, 1.807) is 0 Å². The van der Waals surface area contributed by atoms with Gasteiger partial charge in [0.15, 0.2) is 0 Å². The second-order valence-electron chi connectivity index (χ2n) is 10.1. The summed E-state index contributed by atoms with van der Waals surface area (Å²) in [6.07, 6.45) is 0. The highest BCUT2D eigenvalue weighted by molar-refractivity contribution is 8.00. The lowest BCUT2D eigenvalue weighted by atomic mass is 10.0. The molecule has 8 aromatic rings. The molecule has 0 saturated carbocycles. The normalized spacial score (nSPS) is 15.0. The van der Waals surface area contributed by atoms with Gasteiger partial charge >= 0.3 is 0 Å². The average molecular weight is 535 g/mol. The fraction of sp³-hybridized carbons (Fsp3) is 0.0286. The zero-order valence-corrected chi connectivity index (χ0v) is 22.5. The number of nitrogens with one attached hydrogen (secondary N) is 1. The standard InChI is InChI=1S/C35H22N2S2/c1-2-10-22-21(9-1)25(17-19-30(22)37-28-14-6-3-11-23(28)24-12-4-7-15-29(24)37)35-36-27-18-20-32-33(34(27)39-35)26-13-5-8-16-31(26)38-32/h1-20,35-36H. The van der Waals surface area contributed by atoms with Crippen LogP contribution in [0.5, 0.6) is 0 Å². The van der Waals surface area contributed by atoms with E-state index in [2.05, 4.69) is 131 Å². The van der Waals surface area contributed by atoms with Gasteiger partial charge < -0.3 is 9.88 Å². The fourth-order valence-electron chi connectivity index (χ4n) is 6.36. The van der Waals surface area contributed by atoms with Crippen LogP contribution in [0.1, 0.15) is 10.9 Å². The Labute approximate surface area is 233 Å². The highest BCUT2D eigenvalue weighted by Gasteiger charge is 2.28. The SMILES string of the molecule is c1ccc2c(c1)sc1ccc3c(c12)SC(c1ccc(-n2c4ccccc4c4ccccc42)c2ccccc12)N3. The van der Waals surface area contributed by atoms with Gasteiger partial charge in [0.25, 0.3) is 0 Å². The number of anilines is 1. The predicted molar refractivity (Wildman–Crippen MR) is 170 cm³/mol. The van der Waals surface area contributed by atoms with Crippen molar-refractivity contribution in [2.75, 3.05) is 5.32 Å². The first-order valence-corrected chi connectivity index (χ1v) is 14.9. The number of thiophene rings is 1. The number of fused-ring (bicyclic) bond motifs is 9. The first-order chi connectivity index (χ1) is 19.3. The van der Waals surface area contributed by atoms with Crippen LogP contribution in [-0.4, -0.2) is 4.57 Å². The molecule has 2 aromatic heterocycles. The van der Waals surface area contributed by atoms with Crippen molar-refractivity contribution in [3.05, 3.63) is 127 Å². The summed E-state index contributed by atoms with van der Waals surface area (Å²) in [5.41, 5.74) is 6.26. The van der Waals surface area contributed by atoms with Crippen molar-refractivity contribution in [2.24, 2.45) is 0 Å². The second-order valence-corrected chi connectivity index (χ2v) is 12.3. The van der Waals surface area contributed by atoms with Crippen molar-refractivity contribution in [2.45, 2.75) is 10.3 Å². The maximum absolute atomic E-state index is 3.86. The van der Waals surface area contributed by atoms with Crippen LogP contribution in [0.4, 0.5) is 5.69 Å². The maximum Gasteiger partial charge on any atom is 0.103 e. The minimum Gasteiger partial charge on any atom is -0.368 e. The van der Waals surface area contributed by atoms with Crippen LogP contribution in [0.25, 0.3) is 58.4 Å². The summed E-state index contributed by atoms with van der Waals surface area (Å²) >= 11 is 3.84. The number of benzene rings is 6. The van der Waals surface area contributed by atoms with Crippen LogP contribution < -0.4 is 5.32 Å². The lowest BCUT2D eigenvalue weighted by Crippen LogP contribution is -2.04. The smallest absolute Gasteiger partial charge is 0.103 e.